The lowest BCUT2D eigenvalue weighted by Gasteiger charge is -2.22. The second-order valence-corrected chi connectivity index (χ2v) is 6.35. The summed E-state index contributed by atoms with van der Waals surface area (Å²) in [6.07, 6.45) is -9.39. The van der Waals surface area contributed by atoms with Gasteiger partial charge < -0.3 is 19.3 Å². The van der Waals surface area contributed by atoms with Gasteiger partial charge in [-0.25, -0.2) is 13.6 Å². The molecule has 1 N–H and O–H groups in total. The van der Waals surface area contributed by atoms with Crippen LogP contribution >= 0.6 is 23.2 Å². The highest BCUT2D eigenvalue weighted by Gasteiger charge is 2.44. The van der Waals surface area contributed by atoms with Gasteiger partial charge >= 0.3 is 18.2 Å². The molecule has 0 bridgehead atoms. The molecule has 0 heterocycles. The zero-order valence-corrected chi connectivity index (χ0v) is 17.1. The van der Waals surface area contributed by atoms with Crippen molar-refractivity contribution in [1.29, 1.82) is 0 Å². The molecular weight excluding hydrogens is 485 g/mol. The van der Waals surface area contributed by atoms with Gasteiger partial charge in [0.15, 0.2) is 5.78 Å². The molecule has 0 radical (unpaired) electrons. The Morgan fingerprint density at radius 2 is 1.58 bits per heavy atom. The van der Waals surface area contributed by atoms with Gasteiger partial charge in [-0.05, 0) is 26.0 Å². The molecule has 0 amide bonds. The smallest absolute Gasteiger partial charge is 0.444 e. The number of aliphatic hydroxyl groups is 1. The number of carbonyl (C=O) groups excluding carboxylic acids is 2. The van der Waals surface area contributed by atoms with Crippen molar-refractivity contribution in [3.05, 3.63) is 29.3 Å². The van der Waals surface area contributed by atoms with Crippen LogP contribution in [0.25, 0.3) is 5.76 Å². The predicted octanol–water partition coefficient (Wildman–Crippen LogP) is 5.12. The van der Waals surface area contributed by atoms with Gasteiger partial charge in [-0.1, -0.05) is 23.2 Å². The Labute approximate surface area is 181 Å². The summed E-state index contributed by atoms with van der Waals surface area (Å²) >= 11 is 9.31. The predicted molar refractivity (Wildman–Crippen MR) is 96.0 cm³/mol. The van der Waals surface area contributed by atoms with Gasteiger partial charge in [0.1, 0.15) is 22.8 Å². The number of carbonyl (C=O) groups is 2. The van der Waals surface area contributed by atoms with Gasteiger partial charge in [-0.2, -0.15) is 17.6 Å². The number of ketones is 1. The van der Waals surface area contributed by atoms with E-state index in [2.05, 4.69) is 37.4 Å². The Bertz CT molecular complexity index is 860. The Balaban J connectivity index is 3.66. The summed E-state index contributed by atoms with van der Waals surface area (Å²) in [5.41, 5.74) is -8.64. The van der Waals surface area contributed by atoms with E-state index in [4.69, 9.17) is 0 Å². The number of rotatable bonds is 10. The van der Waals surface area contributed by atoms with Crippen LogP contribution in [-0.4, -0.2) is 46.9 Å². The normalized spacial score (nSPS) is 14.9. The summed E-state index contributed by atoms with van der Waals surface area (Å²) < 4.78 is 92.3. The quantitative estimate of drug-likeness (QED) is 0.0916. The number of Topliss-reactive ketones (excluding diaryl/α,β-unsaturated/α-hetero) is 1. The molecule has 0 aliphatic carbocycles. The van der Waals surface area contributed by atoms with Crippen LogP contribution in [0.5, 0.6) is 11.5 Å². The average Bonchev–Trinajstić information content (AvgIpc) is 2.60. The molecule has 0 fully saturated rings. The van der Waals surface area contributed by atoms with Crippen LogP contribution < -0.4 is 9.47 Å². The highest BCUT2D eigenvalue weighted by molar-refractivity contribution is 6.21. The van der Waals surface area contributed by atoms with Crippen LogP contribution in [0.1, 0.15) is 19.4 Å². The van der Waals surface area contributed by atoms with Crippen molar-refractivity contribution in [3.63, 3.8) is 0 Å². The molecule has 0 saturated heterocycles. The van der Waals surface area contributed by atoms with Gasteiger partial charge in [0, 0.05) is 6.07 Å². The van der Waals surface area contributed by atoms with E-state index < -0.39 is 63.6 Å². The first-order chi connectivity index (χ1) is 14.1. The topological polar surface area (TPSA) is 82.1 Å². The molecular formula is C17H14Cl2F6O6. The number of halogens is 8. The molecule has 1 aromatic rings. The van der Waals surface area contributed by atoms with E-state index in [9.17, 15) is 41.0 Å². The number of aliphatic hydroxyl groups excluding tert-OH is 1. The third-order valence-electron chi connectivity index (χ3n) is 3.28. The van der Waals surface area contributed by atoms with Crippen LogP contribution in [0.4, 0.5) is 26.3 Å². The number of hydrogen-bond donors (Lipinski definition) is 1. The van der Waals surface area contributed by atoms with Crippen LogP contribution in [-0.2, 0) is 14.3 Å². The molecule has 6 nitrogen and oxygen atoms in total. The van der Waals surface area contributed by atoms with E-state index in [1.54, 1.807) is 0 Å². The van der Waals surface area contributed by atoms with Gasteiger partial charge in [0.2, 0.25) is 0 Å². The molecule has 1 rings (SSSR count). The summed E-state index contributed by atoms with van der Waals surface area (Å²) in [4.78, 5) is 23.7. The first kappa shape index (κ1) is 26.7. The van der Waals surface area contributed by atoms with E-state index in [0.29, 0.717) is 12.1 Å². The van der Waals surface area contributed by atoms with Crippen molar-refractivity contribution < 1.29 is 55.2 Å². The highest BCUT2D eigenvalue weighted by atomic mass is 35.5. The molecule has 1 aromatic carbocycles. The molecule has 174 valence electrons. The Morgan fingerprint density at radius 1 is 1.06 bits per heavy atom. The van der Waals surface area contributed by atoms with Crippen molar-refractivity contribution in [1.82, 2.24) is 0 Å². The van der Waals surface area contributed by atoms with Gasteiger partial charge in [0.05, 0.1) is 12.2 Å². The molecule has 0 aliphatic heterocycles. The lowest BCUT2D eigenvalue weighted by Crippen LogP contribution is -2.34. The summed E-state index contributed by atoms with van der Waals surface area (Å²) in [6, 6.07) is 1.48. The zero-order valence-electron chi connectivity index (χ0n) is 15.6. The summed E-state index contributed by atoms with van der Waals surface area (Å²) in [5.74, 6) is -5.95. The van der Waals surface area contributed by atoms with Crippen LogP contribution in [0.2, 0.25) is 0 Å². The second kappa shape index (κ2) is 10.3. The van der Waals surface area contributed by atoms with E-state index in [1.807, 2.05) is 0 Å². The Hall–Kier alpha value is -2.34. The van der Waals surface area contributed by atoms with Crippen molar-refractivity contribution in [2.45, 2.75) is 37.3 Å². The van der Waals surface area contributed by atoms with E-state index in [1.165, 1.54) is 6.92 Å². The Morgan fingerprint density at radius 3 is 2.03 bits per heavy atom. The minimum absolute atomic E-state index is 0.231. The minimum Gasteiger partial charge on any atom is -0.506 e. The molecule has 2 atom stereocenters. The lowest BCUT2D eigenvalue weighted by atomic mass is 10.0. The minimum atomic E-state index is -4.77. The maximum absolute atomic E-state index is 13.7. The summed E-state index contributed by atoms with van der Waals surface area (Å²) in [5, 5.41) is 10.3. The third-order valence-corrected chi connectivity index (χ3v) is 3.79. The van der Waals surface area contributed by atoms with E-state index in [-0.39, 0.29) is 12.7 Å². The second-order valence-electron chi connectivity index (χ2n) is 5.59. The number of ether oxygens (including phenoxy) is 3. The van der Waals surface area contributed by atoms with E-state index >= 15 is 0 Å². The summed E-state index contributed by atoms with van der Waals surface area (Å²) in [6.45, 7) is 1.96. The van der Waals surface area contributed by atoms with Crippen LogP contribution in [0.15, 0.2) is 23.8 Å². The van der Waals surface area contributed by atoms with Crippen LogP contribution in [0.3, 0.4) is 0 Å². The number of benzene rings is 1. The molecule has 0 spiro atoms. The molecule has 2 unspecified atom stereocenters. The molecule has 14 heteroatoms. The molecule has 31 heavy (non-hydrogen) atoms. The SMILES string of the molecule is CCOC(=O)/C(C(C)=O)=C(/O)c1ccc(OC(F)(F)C(F)Cl)cc1OC(F)(F)C(F)Cl. The molecule has 0 saturated carbocycles. The summed E-state index contributed by atoms with van der Waals surface area (Å²) in [7, 11) is 0. The first-order valence-electron chi connectivity index (χ1n) is 8.09. The van der Waals surface area contributed by atoms with Gasteiger partial charge in [-0.15, -0.1) is 0 Å². The highest BCUT2D eigenvalue weighted by Crippen LogP contribution is 2.38. The fourth-order valence-corrected chi connectivity index (χ4v) is 2.07. The Kier molecular flexibility index (Phi) is 8.88. The number of alkyl halides is 8. The number of hydrogen-bond acceptors (Lipinski definition) is 6. The number of esters is 1. The third kappa shape index (κ3) is 6.82. The van der Waals surface area contributed by atoms with Gasteiger partial charge in [0.25, 0.3) is 11.3 Å². The van der Waals surface area contributed by atoms with Crippen molar-refractivity contribution in [2.75, 3.05) is 6.61 Å². The lowest BCUT2D eigenvalue weighted by molar-refractivity contribution is -0.202. The van der Waals surface area contributed by atoms with Crippen molar-refractivity contribution in [3.8, 4) is 11.5 Å². The van der Waals surface area contributed by atoms with Gasteiger partial charge in [-0.3, -0.25) is 4.79 Å². The maximum Gasteiger partial charge on any atom is 0.444 e. The molecule has 0 aromatic heterocycles. The fraction of sp³-hybridized carbons (Fsp3) is 0.412. The maximum atomic E-state index is 13.7. The fourth-order valence-electron chi connectivity index (χ4n) is 1.98. The zero-order chi connectivity index (χ0) is 24.1. The average molecular weight is 499 g/mol. The largest absolute Gasteiger partial charge is 0.506 e. The van der Waals surface area contributed by atoms with Crippen LogP contribution in [0, 0.1) is 0 Å². The van der Waals surface area contributed by atoms with Crippen molar-refractivity contribution in [2.24, 2.45) is 0 Å². The first-order valence-corrected chi connectivity index (χ1v) is 8.97. The van der Waals surface area contributed by atoms with E-state index in [0.717, 1.165) is 6.92 Å². The standard InChI is InChI=1S/C17H14Cl2F6O6/c1-3-29-13(28)11(7(2)26)12(27)9-5-4-8(30-16(22,23)14(18)20)6-10(9)31-17(24,25)15(19)21/h4-6,14-15,27H,3H2,1-2H3/b12-11+. The van der Waals surface area contributed by atoms with Crippen molar-refractivity contribution >= 4 is 40.7 Å². The molecule has 0 aliphatic rings. The monoisotopic (exact) mass is 498 g/mol.